The molecule has 0 bridgehead atoms. The zero-order chi connectivity index (χ0) is 23.1. The molecule has 5 aromatic rings. The molecule has 0 radical (unpaired) electrons. The molecule has 3 N–H and O–H groups in total. The van der Waals surface area contributed by atoms with Crippen LogP contribution in [0.2, 0.25) is 5.02 Å². The number of aromatic nitrogens is 6. The molecule has 1 aromatic carbocycles. The van der Waals surface area contributed by atoms with E-state index >= 15 is 0 Å². The predicted molar refractivity (Wildman–Crippen MR) is 125 cm³/mol. The fraction of sp³-hybridized carbons (Fsp3) is 0.227. The number of aryl methyl sites for hydroxylation is 1. The van der Waals surface area contributed by atoms with Crippen molar-refractivity contribution in [3.63, 3.8) is 0 Å². The lowest BCUT2D eigenvalue weighted by molar-refractivity contribution is 0.101. The molecule has 11 heteroatoms. The van der Waals surface area contributed by atoms with Crippen molar-refractivity contribution in [1.82, 2.24) is 29.4 Å². The number of furan rings is 1. The summed E-state index contributed by atoms with van der Waals surface area (Å²) < 4.78 is 8.50. The minimum atomic E-state index is -0.490. The van der Waals surface area contributed by atoms with E-state index in [1.165, 1.54) is 10.8 Å². The molecular formula is C22H21ClN8O2. The number of carbonyl (C=O) groups is 1. The molecule has 0 aliphatic rings. The maximum atomic E-state index is 13.2. The van der Waals surface area contributed by atoms with E-state index in [0.717, 1.165) is 6.42 Å². The Kier molecular flexibility index (Phi) is 5.21. The van der Waals surface area contributed by atoms with Crippen molar-refractivity contribution in [2.24, 2.45) is 5.92 Å². The molecule has 0 aliphatic carbocycles. The van der Waals surface area contributed by atoms with Gasteiger partial charge in [-0.25, -0.2) is 14.6 Å². The maximum Gasteiger partial charge on any atom is 0.293 e. The smallest absolute Gasteiger partial charge is 0.293 e. The van der Waals surface area contributed by atoms with Gasteiger partial charge in [-0.05, 0) is 42.7 Å². The van der Waals surface area contributed by atoms with E-state index in [4.69, 9.17) is 21.8 Å². The van der Waals surface area contributed by atoms with Gasteiger partial charge in [0.05, 0.1) is 6.26 Å². The number of amides is 1. The molecule has 0 saturated carbocycles. The van der Waals surface area contributed by atoms with Crippen LogP contribution in [0.15, 0.2) is 47.1 Å². The number of hydrogen-bond donors (Lipinski definition) is 2. The number of fused-ring (bicyclic) bond motifs is 3. The van der Waals surface area contributed by atoms with Crippen molar-refractivity contribution in [3.8, 4) is 11.6 Å². The second-order valence-corrected chi connectivity index (χ2v) is 8.47. The molecule has 0 saturated heterocycles. The van der Waals surface area contributed by atoms with Gasteiger partial charge in [0.25, 0.3) is 5.91 Å². The van der Waals surface area contributed by atoms with E-state index in [9.17, 15) is 4.79 Å². The lowest BCUT2D eigenvalue weighted by Crippen LogP contribution is -2.19. The van der Waals surface area contributed by atoms with Crippen molar-refractivity contribution in [2.75, 3.05) is 11.1 Å². The summed E-state index contributed by atoms with van der Waals surface area (Å²) in [6, 6.07) is 10.3. The topological polar surface area (TPSA) is 129 Å². The van der Waals surface area contributed by atoms with Crippen LogP contribution < -0.4 is 11.1 Å². The predicted octanol–water partition coefficient (Wildman–Crippen LogP) is 4.27. The Hall–Kier alpha value is -3.92. The second-order valence-electron chi connectivity index (χ2n) is 8.04. The minimum absolute atomic E-state index is 0.0105. The third kappa shape index (κ3) is 3.89. The largest absolute Gasteiger partial charge is 0.461 e. The van der Waals surface area contributed by atoms with E-state index in [1.54, 1.807) is 41.1 Å². The molecule has 0 fully saturated rings. The van der Waals surface area contributed by atoms with Gasteiger partial charge in [-0.1, -0.05) is 31.5 Å². The third-order valence-electron chi connectivity index (χ3n) is 5.16. The molecule has 1 amide bonds. The normalized spacial score (nSPS) is 11.6. The van der Waals surface area contributed by atoms with E-state index in [1.807, 2.05) is 0 Å². The number of nitrogens with one attached hydrogen (secondary N) is 1. The lowest BCUT2D eigenvalue weighted by Gasteiger charge is -2.06. The van der Waals surface area contributed by atoms with Gasteiger partial charge < -0.3 is 15.5 Å². The fourth-order valence-corrected chi connectivity index (χ4v) is 3.68. The monoisotopic (exact) mass is 464 g/mol. The van der Waals surface area contributed by atoms with Crippen molar-refractivity contribution < 1.29 is 9.21 Å². The average Bonchev–Trinajstić information content (AvgIpc) is 3.50. The van der Waals surface area contributed by atoms with Gasteiger partial charge in [0.15, 0.2) is 17.1 Å². The molecule has 4 aromatic heterocycles. The van der Waals surface area contributed by atoms with Gasteiger partial charge in [-0.15, -0.1) is 5.10 Å². The highest BCUT2D eigenvalue weighted by Gasteiger charge is 2.24. The van der Waals surface area contributed by atoms with Gasteiger partial charge in [0.1, 0.15) is 11.2 Å². The number of carbonyl (C=O) groups excluding carboxylic acids is 1. The van der Waals surface area contributed by atoms with Crippen LogP contribution >= 0.6 is 11.6 Å². The highest BCUT2D eigenvalue weighted by Crippen LogP contribution is 2.28. The van der Waals surface area contributed by atoms with Gasteiger partial charge in [-0.3, -0.25) is 4.79 Å². The lowest BCUT2D eigenvalue weighted by atomic mass is 10.1. The van der Waals surface area contributed by atoms with E-state index in [2.05, 4.69) is 39.3 Å². The molecule has 0 atom stereocenters. The summed E-state index contributed by atoms with van der Waals surface area (Å²) in [5.41, 5.74) is 7.64. The number of nitrogens with zero attached hydrogens (tertiary/aromatic N) is 6. The van der Waals surface area contributed by atoms with Crippen LogP contribution in [-0.2, 0) is 6.54 Å². The molecule has 0 unspecified atom stereocenters. The molecule has 168 valence electrons. The summed E-state index contributed by atoms with van der Waals surface area (Å²) in [6.07, 6.45) is 2.42. The summed E-state index contributed by atoms with van der Waals surface area (Å²) in [6.45, 7) is 4.87. The van der Waals surface area contributed by atoms with Crippen molar-refractivity contribution in [3.05, 3.63) is 53.5 Å². The number of anilines is 2. The Morgan fingerprint density at radius 3 is 2.79 bits per heavy atom. The zero-order valence-electron chi connectivity index (χ0n) is 18.0. The minimum Gasteiger partial charge on any atom is -0.461 e. The first-order chi connectivity index (χ1) is 15.9. The Balaban J connectivity index is 1.67. The van der Waals surface area contributed by atoms with Crippen LogP contribution in [0.1, 0.15) is 30.9 Å². The number of nitrogens with two attached hydrogens (primary N) is 1. The van der Waals surface area contributed by atoms with Crippen molar-refractivity contribution in [2.45, 2.75) is 26.8 Å². The average molecular weight is 465 g/mol. The first kappa shape index (κ1) is 21.0. The van der Waals surface area contributed by atoms with Crippen molar-refractivity contribution in [1.29, 1.82) is 0 Å². The fourth-order valence-electron chi connectivity index (χ4n) is 3.49. The Labute approximate surface area is 193 Å². The number of benzene rings is 1. The molecule has 33 heavy (non-hydrogen) atoms. The maximum absolute atomic E-state index is 13.2. The van der Waals surface area contributed by atoms with E-state index in [0.29, 0.717) is 57.3 Å². The third-order valence-corrected chi connectivity index (χ3v) is 5.40. The SMILES string of the molecule is CC(C)CCn1nc2nc(C(=O)Nc3cccc(Cl)c3)n3nc(-c4ccco4)nc3c2c1N. The number of halogens is 1. The summed E-state index contributed by atoms with van der Waals surface area (Å²) in [7, 11) is 0. The first-order valence-corrected chi connectivity index (χ1v) is 10.8. The summed E-state index contributed by atoms with van der Waals surface area (Å²) in [5, 5.41) is 12.9. The summed E-state index contributed by atoms with van der Waals surface area (Å²) in [4.78, 5) is 22.3. The quantitative estimate of drug-likeness (QED) is 0.384. The van der Waals surface area contributed by atoms with Crippen LogP contribution in [0.5, 0.6) is 0 Å². The summed E-state index contributed by atoms with van der Waals surface area (Å²) in [5.74, 6) is 1.18. The zero-order valence-corrected chi connectivity index (χ0v) is 18.7. The Morgan fingerprint density at radius 2 is 2.06 bits per heavy atom. The first-order valence-electron chi connectivity index (χ1n) is 10.4. The Morgan fingerprint density at radius 1 is 1.21 bits per heavy atom. The molecule has 10 nitrogen and oxygen atoms in total. The van der Waals surface area contributed by atoms with Crippen molar-refractivity contribution >= 4 is 45.7 Å². The van der Waals surface area contributed by atoms with Gasteiger partial charge in [0.2, 0.25) is 11.6 Å². The van der Waals surface area contributed by atoms with E-state index < -0.39 is 5.91 Å². The molecular weight excluding hydrogens is 444 g/mol. The van der Waals surface area contributed by atoms with Crippen LogP contribution in [0.4, 0.5) is 11.5 Å². The second kappa shape index (κ2) is 8.21. The summed E-state index contributed by atoms with van der Waals surface area (Å²) >= 11 is 6.05. The number of hydrogen-bond acceptors (Lipinski definition) is 7. The number of nitrogen functional groups attached to an aromatic ring is 1. The molecule has 5 rings (SSSR count). The molecule has 4 heterocycles. The van der Waals surface area contributed by atoms with Gasteiger partial charge in [-0.2, -0.15) is 9.61 Å². The van der Waals surface area contributed by atoms with Crippen LogP contribution in [0.25, 0.3) is 28.3 Å². The molecule has 0 spiro atoms. The highest BCUT2D eigenvalue weighted by molar-refractivity contribution is 6.31. The molecule has 0 aliphatic heterocycles. The highest BCUT2D eigenvalue weighted by atomic mass is 35.5. The van der Waals surface area contributed by atoms with Crippen LogP contribution in [0.3, 0.4) is 0 Å². The van der Waals surface area contributed by atoms with Gasteiger partial charge >= 0.3 is 0 Å². The van der Waals surface area contributed by atoms with Crippen LogP contribution in [0, 0.1) is 5.92 Å². The standard InChI is InChI=1S/C22H21ClN8O2/c1-12(2)8-9-30-17(24)16-19(28-30)27-21(22(32)25-14-6-3-5-13(23)11-14)31-20(16)26-18(29-31)15-7-4-10-33-15/h3-7,10-12H,8-9,24H2,1-2H3,(H,25,32). The van der Waals surface area contributed by atoms with Gasteiger partial charge in [0, 0.05) is 17.3 Å². The Bertz CT molecular complexity index is 1470. The van der Waals surface area contributed by atoms with E-state index in [-0.39, 0.29) is 5.82 Å². The number of rotatable bonds is 6. The van der Waals surface area contributed by atoms with Crippen LogP contribution in [-0.4, -0.2) is 35.3 Å².